The SMILES string of the molecule is CCC(CC)CCCNC1=NCc2ccc(=O)n(-c3c(F)cccc3F)c2N1. The number of rotatable bonds is 7. The number of nitrogens with one attached hydrogen (secondary N) is 2. The number of anilines is 1. The van der Waals surface area contributed by atoms with E-state index in [1.807, 2.05) is 0 Å². The van der Waals surface area contributed by atoms with Gasteiger partial charge in [-0.25, -0.2) is 13.8 Å². The Morgan fingerprint density at radius 1 is 1.18 bits per heavy atom. The number of para-hydroxylation sites is 1. The van der Waals surface area contributed by atoms with Gasteiger partial charge in [0, 0.05) is 18.2 Å². The first-order chi connectivity index (χ1) is 13.5. The zero-order valence-electron chi connectivity index (χ0n) is 16.3. The number of guanidine groups is 1. The minimum absolute atomic E-state index is 0.327. The first-order valence-electron chi connectivity index (χ1n) is 9.79. The summed E-state index contributed by atoms with van der Waals surface area (Å²) in [5.74, 6) is -0.0147. The smallest absolute Gasteiger partial charge is 0.256 e. The van der Waals surface area contributed by atoms with Gasteiger partial charge in [0.2, 0.25) is 0 Å². The molecule has 0 fully saturated rings. The van der Waals surface area contributed by atoms with Crippen LogP contribution >= 0.6 is 0 Å². The summed E-state index contributed by atoms with van der Waals surface area (Å²) in [4.78, 5) is 16.9. The first-order valence-corrected chi connectivity index (χ1v) is 9.79. The highest BCUT2D eigenvalue weighted by atomic mass is 19.1. The summed E-state index contributed by atoms with van der Waals surface area (Å²) >= 11 is 0. The number of hydrogen-bond acceptors (Lipinski definition) is 4. The Hall–Kier alpha value is -2.70. The summed E-state index contributed by atoms with van der Waals surface area (Å²) in [5.41, 5.74) is -0.193. The number of hydrogen-bond donors (Lipinski definition) is 2. The fraction of sp³-hybridized carbons (Fsp3) is 0.429. The molecule has 1 aromatic heterocycles. The molecule has 0 spiro atoms. The number of pyridine rings is 1. The van der Waals surface area contributed by atoms with Crippen LogP contribution in [-0.4, -0.2) is 17.1 Å². The number of halogens is 2. The number of nitrogens with zero attached hydrogens (tertiary/aromatic N) is 2. The molecular formula is C21H26F2N4O. The molecule has 28 heavy (non-hydrogen) atoms. The van der Waals surface area contributed by atoms with Crippen molar-refractivity contribution in [1.29, 1.82) is 0 Å². The fourth-order valence-electron chi connectivity index (χ4n) is 3.48. The topological polar surface area (TPSA) is 58.4 Å². The molecule has 2 N–H and O–H groups in total. The van der Waals surface area contributed by atoms with Crippen molar-refractivity contribution in [1.82, 2.24) is 9.88 Å². The third kappa shape index (κ3) is 4.24. The normalized spacial score (nSPS) is 13.1. The van der Waals surface area contributed by atoms with E-state index in [1.165, 1.54) is 25.0 Å². The molecule has 0 saturated carbocycles. The van der Waals surface area contributed by atoms with Gasteiger partial charge in [0.1, 0.15) is 23.1 Å². The molecule has 0 atom stereocenters. The molecule has 3 rings (SSSR count). The lowest BCUT2D eigenvalue weighted by molar-refractivity contribution is 0.440. The maximum atomic E-state index is 14.3. The summed E-state index contributed by atoms with van der Waals surface area (Å²) in [5, 5.41) is 6.27. The van der Waals surface area contributed by atoms with E-state index in [9.17, 15) is 13.6 Å². The van der Waals surface area contributed by atoms with Crippen LogP contribution in [0.3, 0.4) is 0 Å². The molecule has 0 radical (unpaired) electrons. The zero-order chi connectivity index (χ0) is 20.1. The highest BCUT2D eigenvalue weighted by Crippen LogP contribution is 2.25. The van der Waals surface area contributed by atoms with Crippen LogP contribution < -0.4 is 16.2 Å². The summed E-state index contributed by atoms with van der Waals surface area (Å²) in [6, 6.07) is 6.48. The molecule has 0 amide bonds. The Balaban J connectivity index is 1.79. The number of aliphatic imine (C=N–C) groups is 1. The molecule has 2 heterocycles. The van der Waals surface area contributed by atoms with Crippen LogP contribution in [-0.2, 0) is 6.54 Å². The number of benzene rings is 1. The second kappa shape index (κ2) is 8.99. The van der Waals surface area contributed by atoms with Gasteiger partial charge in [0.15, 0.2) is 5.96 Å². The van der Waals surface area contributed by atoms with Crippen LogP contribution in [0.1, 0.15) is 45.1 Å². The summed E-state index contributed by atoms with van der Waals surface area (Å²) in [6.45, 7) is 5.47. The van der Waals surface area contributed by atoms with Crippen LogP contribution in [0, 0.1) is 17.6 Å². The molecule has 1 aliphatic rings. The molecule has 2 aromatic rings. The van der Waals surface area contributed by atoms with Crippen LogP contribution in [0.4, 0.5) is 14.6 Å². The Labute approximate surface area is 163 Å². The average molecular weight is 388 g/mol. The largest absolute Gasteiger partial charge is 0.356 e. The summed E-state index contributed by atoms with van der Waals surface area (Å²) in [6.07, 6.45) is 4.48. The van der Waals surface area contributed by atoms with Crippen molar-refractivity contribution in [3.05, 3.63) is 57.9 Å². The van der Waals surface area contributed by atoms with E-state index < -0.39 is 17.2 Å². The molecule has 1 aliphatic heterocycles. The van der Waals surface area contributed by atoms with Gasteiger partial charge in [-0.1, -0.05) is 32.8 Å². The van der Waals surface area contributed by atoms with Crippen molar-refractivity contribution in [2.24, 2.45) is 10.9 Å². The van der Waals surface area contributed by atoms with Gasteiger partial charge in [0.25, 0.3) is 5.56 Å². The van der Waals surface area contributed by atoms with Gasteiger partial charge < -0.3 is 10.6 Å². The highest BCUT2D eigenvalue weighted by Gasteiger charge is 2.21. The molecule has 0 saturated heterocycles. The summed E-state index contributed by atoms with van der Waals surface area (Å²) in [7, 11) is 0. The Kier molecular flexibility index (Phi) is 6.44. The standard InChI is InChI=1S/C21H26F2N4O/c1-3-14(4-2)7-6-12-24-21-25-13-15-10-11-18(28)27(20(15)26-21)19-16(22)8-5-9-17(19)23/h5,8-11,14H,3-4,6-7,12-13H2,1-2H3,(H2,24,25,26). The maximum Gasteiger partial charge on any atom is 0.256 e. The molecule has 150 valence electrons. The van der Waals surface area contributed by atoms with Crippen LogP contribution in [0.15, 0.2) is 40.1 Å². The molecule has 0 aliphatic carbocycles. The van der Waals surface area contributed by atoms with Crippen molar-refractivity contribution < 1.29 is 8.78 Å². The predicted octanol–water partition coefficient (Wildman–Crippen LogP) is 4.20. The Bertz CT molecular complexity index is 899. The van der Waals surface area contributed by atoms with E-state index in [0.717, 1.165) is 42.0 Å². The maximum absolute atomic E-state index is 14.3. The second-order valence-electron chi connectivity index (χ2n) is 6.99. The van der Waals surface area contributed by atoms with E-state index >= 15 is 0 Å². The molecule has 7 heteroatoms. The molecule has 5 nitrogen and oxygen atoms in total. The van der Waals surface area contributed by atoms with Crippen molar-refractivity contribution >= 4 is 11.8 Å². The first kappa shape index (κ1) is 20.0. The summed E-state index contributed by atoms with van der Waals surface area (Å²) < 4.78 is 29.6. The highest BCUT2D eigenvalue weighted by molar-refractivity contribution is 5.95. The lowest BCUT2D eigenvalue weighted by Crippen LogP contribution is -2.37. The van der Waals surface area contributed by atoms with Crippen molar-refractivity contribution in [3.8, 4) is 5.69 Å². The quantitative estimate of drug-likeness (QED) is 0.699. The van der Waals surface area contributed by atoms with Gasteiger partial charge in [-0.15, -0.1) is 0 Å². The Morgan fingerprint density at radius 3 is 2.57 bits per heavy atom. The number of aromatic nitrogens is 1. The van der Waals surface area contributed by atoms with Gasteiger partial charge in [-0.05, 0) is 37.0 Å². The van der Waals surface area contributed by atoms with Crippen molar-refractivity contribution in [3.63, 3.8) is 0 Å². The fourth-order valence-corrected chi connectivity index (χ4v) is 3.48. The zero-order valence-corrected chi connectivity index (χ0v) is 16.3. The minimum Gasteiger partial charge on any atom is -0.356 e. The second-order valence-corrected chi connectivity index (χ2v) is 6.99. The van der Waals surface area contributed by atoms with E-state index in [-0.39, 0.29) is 5.69 Å². The van der Waals surface area contributed by atoms with E-state index in [1.54, 1.807) is 6.07 Å². The third-order valence-corrected chi connectivity index (χ3v) is 5.22. The van der Waals surface area contributed by atoms with Gasteiger partial charge >= 0.3 is 0 Å². The molecule has 0 bridgehead atoms. The van der Waals surface area contributed by atoms with Crippen LogP contribution in [0.25, 0.3) is 5.69 Å². The van der Waals surface area contributed by atoms with Crippen molar-refractivity contribution in [2.75, 3.05) is 11.9 Å². The van der Waals surface area contributed by atoms with E-state index in [0.29, 0.717) is 23.9 Å². The van der Waals surface area contributed by atoms with Gasteiger partial charge in [0.05, 0.1) is 6.54 Å². The van der Waals surface area contributed by atoms with E-state index in [4.69, 9.17) is 0 Å². The van der Waals surface area contributed by atoms with Gasteiger partial charge in [-0.3, -0.25) is 9.36 Å². The number of fused-ring (bicyclic) bond motifs is 1. The molecule has 1 aromatic carbocycles. The van der Waals surface area contributed by atoms with Gasteiger partial charge in [-0.2, -0.15) is 0 Å². The average Bonchev–Trinajstić information content (AvgIpc) is 2.69. The predicted molar refractivity (Wildman–Crippen MR) is 108 cm³/mol. The lowest BCUT2D eigenvalue weighted by atomic mass is 9.98. The molecule has 0 unspecified atom stereocenters. The van der Waals surface area contributed by atoms with Crippen LogP contribution in [0.2, 0.25) is 0 Å². The minimum atomic E-state index is -0.792. The van der Waals surface area contributed by atoms with E-state index in [2.05, 4.69) is 29.5 Å². The van der Waals surface area contributed by atoms with Crippen LogP contribution in [0.5, 0.6) is 0 Å². The lowest BCUT2D eigenvalue weighted by Gasteiger charge is -2.23. The van der Waals surface area contributed by atoms with Crippen molar-refractivity contribution in [2.45, 2.75) is 46.1 Å². The third-order valence-electron chi connectivity index (χ3n) is 5.22. The monoisotopic (exact) mass is 388 g/mol. The Morgan fingerprint density at radius 2 is 1.89 bits per heavy atom. The molecular weight excluding hydrogens is 362 g/mol.